The van der Waals surface area contributed by atoms with Crippen LogP contribution in [0.3, 0.4) is 0 Å². The maximum absolute atomic E-state index is 12.2. The molecule has 0 aliphatic heterocycles. The lowest BCUT2D eigenvalue weighted by Crippen LogP contribution is -2.33. The van der Waals surface area contributed by atoms with Crippen molar-refractivity contribution >= 4 is 11.6 Å². The van der Waals surface area contributed by atoms with Gasteiger partial charge in [0.2, 0.25) is 0 Å². The van der Waals surface area contributed by atoms with Crippen molar-refractivity contribution in [1.29, 1.82) is 0 Å². The minimum absolute atomic E-state index is 0.0832. The Kier molecular flexibility index (Phi) is 2.67. The van der Waals surface area contributed by atoms with Gasteiger partial charge in [-0.1, -0.05) is 39.0 Å². The van der Waals surface area contributed by atoms with E-state index in [1.165, 1.54) is 12.8 Å². The predicted octanol–water partition coefficient (Wildman–Crippen LogP) is 4.11. The average molecular weight is 255 g/mol. The second-order valence-electron chi connectivity index (χ2n) is 6.72. The maximum atomic E-state index is 12.2. The SMILES string of the molecule is CC1(C)[C@H]2CC[C@@]1(C)C(=NC(=O)c1ccccc1)C2. The fourth-order valence-electron chi connectivity index (χ4n) is 3.87. The van der Waals surface area contributed by atoms with Crippen molar-refractivity contribution in [2.75, 3.05) is 0 Å². The lowest BCUT2D eigenvalue weighted by atomic mass is 9.70. The number of hydrogen-bond donors (Lipinski definition) is 0. The average Bonchev–Trinajstić information content (AvgIpc) is 2.73. The number of fused-ring (bicyclic) bond motifs is 2. The van der Waals surface area contributed by atoms with E-state index in [0.717, 1.165) is 12.1 Å². The van der Waals surface area contributed by atoms with Crippen LogP contribution in [0.25, 0.3) is 0 Å². The molecule has 3 rings (SSSR count). The molecule has 100 valence electrons. The fourth-order valence-corrected chi connectivity index (χ4v) is 3.87. The highest BCUT2D eigenvalue weighted by atomic mass is 16.1. The van der Waals surface area contributed by atoms with Gasteiger partial charge in [-0.3, -0.25) is 4.79 Å². The quantitative estimate of drug-likeness (QED) is 0.742. The number of benzene rings is 1. The van der Waals surface area contributed by atoms with Crippen LogP contribution in [-0.4, -0.2) is 11.6 Å². The number of hydrogen-bond acceptors (Lipinski definition) is 1. The van der Waals surface area contributed by atoms with Crippen molar-refractivity contribution in [2.24, 2.45) is 21.7 Å². The molecule has 0 saturated heterocycles. The van der Waals surface area contributed by atoms with E-state index >= 15 is 0 Å². The zero-order valence-corrected chi connectivity index (χ0v) is 11.9. The molecule has 0 radical (unpaired) electrons. The van der Waals surface area contributed by atoms with Crippen molar-refractivity contribution < 1.29 is 4.79 Å². The van der Waals surface area contributed by atoms with Crippen molar-refractivity contribution in [3.05, 3.63) is 35.9 Å². The van der Waals surface area contributed by atoms with Crippen molar-refractivity contribution in [3.63, 3.8) is 0 Å². The number of rotatable bonds is 1. The highest BCUT2D eigenvalue weighted by Gasteiger charge is 2.59. The Morgan fingerprint density at radius 2 is 1.89 bits per heavy atom. The number of amides is 1. The van der Waals surface area contributed by atoms with E-state index < -0.39 is 0 Å². The molecule has 0 spiro atoms. The minimum Gasteiger partial charge on any atom is -0.267 e. The van der Waals surface area contributed by atoms with Crippen molar-refractivity contribution in [1.82, 2.24) is 0 Å². The topological polar surface area (TPSA) is 29.4 Å². The fraction of sp³-hybridized carbons (Fsp3) is 0.529. The van der Waals surface area contributed by atoms with Crippen LogP contribution < -0.4 is 0 Å². The third-order valence-electron chi connectivity index (χ3n) is 5.77. The first-order chi connectivity index (χ1) is 8.95. The Morgan fingerprint density at radius 3 is 2.42 bits per heavy atom. The van der Waals surface area contributed by atoms with E-state index in [-0.39, 0.29) is 16.7 Å². The van der Waals surface area contributed by atoms with Gasteiger partial charge >= 0.3 is 0 Å². The molecule has 1 amide bonds. The summed E-state index contributed by atoms with van der Waals surface area (Å²) in [4.78, 5) is 16.7. The third-order valence-corrected chi connectivity index (χ3v) is 5.77. The van der Waals surface area contributed by atoms with Crippen molar-refractivity contribution in [2.45, 2.75) is 40.0 Å². The Hall–Kier alpha value is -1.44. The minimum atomic E-state index is -0.0832. The Bertz CT molecular complexity index is 544. The number of carbonyl (C=O) groups is 1. The molecule has 0 aromatic heterocycles. The summed E-state index contributed by atoms with van der Waals surface area (Å²) in [6.07, 6.45) is 3.45. The van der Waals surface area contributed by atoms with Crippen LogP contribution >= 0.6 is 0 Å². The summed E-state index contributed by atoms with van der Waals surface area (Å²) >= 11 is 0. The Labute approximate surface area is 114 Å². The normalized spacial score (nSPS) is 33.8. The van der Waals surface area contributed by atoms with Crippen LogP contribution in [0.4, 0.5) is 0 Å². The van der Waals surface area contributed by atoms with E-state index in [2.05, 4.69) is 25.8 Å². The van der Waals surface area contributed by atoms with Gasteiger partial charge in [-0.25, -0.2) is 4.99 Å². The first kappa shape index (κ1) is 12.6. The summed E-state index contributed by atoms with van der Waals surface area (Å²) in [6.45, 7) is 6.96. The van der Waals surface area contributed by atoms with Crippen molar-refractivity contribution in [3.8, 4) is 0 Å². The summed E-state index contributed by atoms with van der Waals surface area (Å²) in [7, 11) is 0. The van der Waals surface area contributed by atoms with Gasteiger partial charge in [0.05, 0.1) is 0 Å². The smallest absolute Gasteiger partial charge is 0.267 e. The summed E-state index contributed by atoms with van der Waals surface area (Å²) in [5, 5.41) is 0. The molecular formula is C17H21NO. The molecule has 2 atom stereocenters. The van der Waals surface area contributed by atoms with Gasteiger partial charge < -0.3 is 0 Å². The van der Waals surface area contributed by atoms with Crippen LogP contribution in [0.5, 0.6) is 0 Å². The monoisotopic (exact) mass is 255 g/mol. The molecule has 2 aliphatic carbocycles. The predicted molar refractivity (Wildman–Crippen MR) is 77.4 cm³/mol. The molecular weight excluding hydrogens is 234 g/mol. The van der Waals surface area contributed by atoms with Crippen LogP contribution in [0.15, 0.2) is 35.3 Å². The highest BCUT2D eigenvalue weighted by Crippen LogP contribution is 2.64. The summed E-state index contributed by atoms with van der Waals surface area (Å²) in [6, 6.07) is 9.38. The summed E-state index contributed by atoms with van der Waals surface area (Å²) in [5.41, 5.74) is 2.21. The van der Waals surface area contributed by atoms with Crippen LogP contribution in [0.2, 0.25) is 0 Å². The second-order valence-corrected chi connectivity index (χ2v) is 6.72. The van der Waals surface area contributed by atoms with Gasteiger partial charge in [0, 0.05) is 16.7 Å². The van der Waals surface area contributed by atoms with Crippen LogP contribution in [0, 0.1) is 16.7 Å². The van der Waals surface area contributed by atoms with Gasteiger partial charge in [-0.15, -0.1) is 0 Å². The maximum Gasteiger partial charge on any atom is 0.276 e. The molecule has 2 heteroatoms. The molecule has 1 aromatic carbocycles. The zero-order chi connectivity index (χ0) is 13.7. The van der Waals surface area contributed by atoms with Crippen LogP contribution in [-0.2, 0) is 0 Å². The highest BCUT2D eigenvalue weighted by molar-refractivity contribution is 6.07. The van der Waals surface area contributed by atoms with E-state index in [9.17, 15) is 4.79 Å². The molecule has 0 heterocycles. The molecule has 2 aliphatic rings. The molecule has 1 aromatic rings. The molecule has 0 unspecified atom stereocenters. The second kappa shape index (κ2) is 4.03. The lowest BCUT2D eigenvalue weighted by Gasteiger charge is -2.34. The van der Waals surface area contributed by atoms with Gasteiger partial charge in [0.1, 0.15) is 0 Å². The van der Waals surface area contributed by atoms with E-state index in [1.807, 2.05) is 30.3 Å². The molecule has 19 heavy (non-hydrogen) atoms. The largest absolute Gasteiger partial charge is 0.276 e. The third kappa shape index (κ3) is 1.69. The van der Waals surface area contributed by atoms with E-state index in [4.69, 9.17) is 0 Å². The van der Waals surface area contributed by atoms with Gasteiger partial charge in [0.25, 0.3) is 5.91 Å². The standard InChI is InChI=1S/C17H21NO/c1-16(2)13-9-10-17(16,3)14(11-13)18-15(19)12-7-5-4-6-8-12/h4-8,13H,9-11H2,1-3H3/t13-,17-/m0/s1. The summed E-state index contributed by atoms with van der Waals surface area (Å²) in [5.74, 6) is 0.611. The van der Waals surface area contributed by atoms with Gasteiger partial charge in [-0.2, -0.15) is 0 Å². The Balaban J connectivity index is 1.93. The van der Waals surface area contributed by atoms with E-state index in [1.54, 1.807) is 0 Å². The number of carbonyl (C=O) groups excluding carboxylic acids is 1. The molecule has 2 nitrogen and oxygen atoms in total. The van der Waals surface area contributed by atoms with Gasteiger partial charge in [-0.05, 0) is 42.7 Å². The van der Waals surface area contributed by atoms with Crippen LogP contribution in [0.1, 0.15) is 50.4 Å². The molecule has 0 N–H and O–H groups in total. The van der Waals surface area contributed by atoms with E-state index in [0.29, 0.717) is 11.5 Å². The zero-order valence-electron chi connectivity index (χ0n) is 11.9. The molecule has 2 bridgehead atoms. The number of aliphatic imine (C=N–C) groups is 1. The lowest BCUT2D eigenvalue weighted by molar-refractivity contribution is 0.100. The molecule has 2 saturated carbocycles. The first-order valence-corrected chi connectivity index (χ1v) is 7.12. The number of nitrogens with zero attached hydrogens (tertiary/aromatic N) is 1. The first-order valence-electron chi connectivity index (χ1n) is 7.12. The Morgan fingerprint density at radius 1 is 1.21 bits per heavy atom. The van der Waals surface area contributed by atoms with Gasteiger partial charge in [0.15, 0.2) is 0 Å². The molecule has 2 fully saturated rings. The summed E-state index contributed by atoms with van der Waals surface area (Å²) < 4.78 is 0.